The number of rotatable bonds is 6. The smallest absolute Gasteiger partial charge is 0.425 e. The number of H-pyrrole nitrogens is 1. The molecular formula is C11H15F3N2O3. The third-order valence-electron chi connectivity index (χ3n) is 2.18. The second-order valence-electron chi connectivity index (χ2n) is 3.93. The fourth-order valence-corrected chi connectivity index (χ4v) is 1.33. The minimum atomic E-state index is -4.79. The lowest BCUT2D eigenvalue weighted by molar-refractivity contribution is -0.140. The summed E-state index contributed by atoms with van der Waals surface area (Å²) in [7, 11) is 0. The maximum atomic E-state index is 12.7. The zero-order valence-corrected chi connectivity index (χ0v) is 10.6. The molecule has 0 aliphatic rings. The Balaban J connectivity index is 2.79. The summed E-state index contributed by atoms with van der Waals surface area (Å²) >= 11 is 0. The van der Waals surface area contributed by atoms with Gasteiger partial charge in [0.1, 0.15) is 6.61 Å². The van der Waals surface area contributed by atoms with Crippen molar-refractivity contribution in [3.63, 3.8) is 0 Å². The molecule has 1 aromatic heterocycles. The Kier molecular flexibility index (Phi) is 5.34. The molecule has 1 atom stereocenters. The van der Waals surface area contributed by atoms with E-state index in [2.05, 4.69) is 5.10 Å². The van der Waals surface area contributed by atoms with Crippen molar-refractivity contribution in [1.29, 1.82) is 0 Å². The molecule has 1 aromatic rings. The van der Waals surface area contributed by atoms with E-state index in [9.17, 15) is 18.0 Å². The van der Waals surface area contributed by atoms with E-state index in [1.54, 1.807) is 12.0 Å². The molecule has 5 nitrogen and oxygen atoms in total. The van der Waals surface area contributed by atoms with Crippen LogP contribution in [0.15, 0.2) is 11.0 Å². The molecule has 8 heteroatoms. The highest BCUT2D eigenvalue weighted by Gasteiger charge is 2.38. The van der Waals surface area contributed by atoms with Gasteiger partial charge in [-0.25, -0.2) is 5.10 Å². The SMILES string of the molecule is CCCOC(C)COc1cn[nH]c(=O)c1C(F)(F)F. The maximum Gasteiger partial charge on any atom is 0.425 e. The van der Waals surface area contributed by atoms with Crippen molar-refractivity contribution < 1.29 is 22.6 Å². The molecule has 0 aliphatic heterocycles. The summed E-state index contributed by atoms with van der Waals surface area (Å²) in [6, 6.07) is 0. The summed E-state index contributed by atoms with van der Waals surface area (Å²) in [4.78, 5) is 11.2. The van der Waals surface area contributed by atoms with Crippen LogP contribution in [-0.2, 0) is 10.9 Å². The van der Waals surface area contributed by atoms with Gasteiger partial charge < -0.3 is 9.47 Å². The second kappa shape index (κ2) is 6.55. The average Bonchev–Trinajstić information content (AvgIpc) is 2.32. The van der Waals surface area contributed by atoms with E-state index in [0.717, 1.165) is 12.6 Å². The highest BCUT2D eigenvalue weighted by atomic mass is 19.4. The maximum absolute atomic E-state index is 12.7. The number of hydrogen-bond acceptors (Lipinski definition) is 4. The van der Waals surface area contributed by atoms with E-state index in [1.807, 2.05) is 6.92 Å². The molecule has 1 heterocycles. The van der Waals surface area contributed by atoms with Gasteiger partial charge in [0.25, 0.3) is 5.56 Å². The van der Waals surface area contributed by atoms with E-state index in [4.69, 9.17) is 9.47 Å². The van der Waals surface area contributed by atoms with Crippen molar-refractivity contribution >= 4 is 0 Å². The number of nitrogens with zero attached hydrogens (tertiary/aromatic N) is 1. The van der Waals surface area contributed by atoms with Crippen molar-refractivity contribution in [1.82, 2.24) is 10.2 Å². The number of nitrogens with one attached hydrogen (secondary N) is 1. The van der Waals surface area contributed by atoms with Crippen molar-refractivity contribution in [2.45, 2.75) is 32.5 Å². The van der Waals surface area contributed by atoms with Gasteiger partial charge in [0, 0.05) is 6.61 Å². The third kappa shape index (κ3) is 4.55. The van der Waals surface area contributed by atoms with E-state index < -0.39 is 23.0 Å². The first kappa shape index (κ1) is 15.5. The topological polar surface area (TPSA) is 64.2 Å². The molecule has 0 aromatic carbocycles. The Morgan fingerprint density at radius 1 is 1.47 bits per heavy atom. The Labute approximate surface area is 107 Å². The van der Waals surface area contributed by atoms with Crippen LogP contribution in [0.4, 0.5) is 13.2 Å². The molecule has 0 aliphatic carbocycles. The van der Waals surface area contributed by atoms with Gasteiger partial charge >= 0.3 is 6.18 Å². The lowest BCUT2D eigenvalue weighted by Gasteiger charge is -2.16. The summed E-state index contributed by atoms with van der Waals surface area (Å²) in [6.45, 7) is 3.98. The minimum Gasteiger partial charge on any atom is -0.488 e. The third-order valence-corrected chi connectivity index (χ3v) is 2.18. The monoisotopic (exact) mass is 280 g/mol. The zero-order valence-electron chi connectivity index (χ0n) is 10.6. The lowest BCUT2D eigenvalue weighted by atomic mass is 10.2. The second-order valence-corrected chi connectivity index (χ2v) is 3.93. The standard InChI is InChI=1S/C11H15F3N2O3/c1-3-4-18-7(2)6-19-8-5-15-16-10(17)9(8)11(12,13)14/h5,7H,3-4,6H2,1-2H3,(H,16,17). The molecule has 1 unspecified atom stereocenters. The fourth-order valence-electron chi connectivity index (χ4n) is 1.33. The molecule has 0 bridgehead atoms. The Morgan fingerprint density at radius 3 is 2.74 bits per heavy atom. The molecule has 0 saturated carbocycles. The van der Waals surface area contributed by atoms with Gasteiger partial charge in [0.2, 0.25) is 0 Å². The summed E-state index contributed by atoms with van der Waals surface area (Å²) in [6.07, 6.45) is -3.54. The number of halogens is 3. The molecule has 0 amide bonds. The number of hydrogen-bond donors (Lipinski definition) is 1. The van der Waals surface area contributed by atoms with Crippen LogP contribution in [-0.4, -0.2) is 29.5 Å². The molecule has 1 N–H and O–H groups in total. The molecule has 0 fully saturated rings. The summed E-state index contributed by atoms with van der Waals surface area (Å²) in [5.41, 5.74) is -2.71. The van der Waals surface area contributed by atoms with E-state index in [1.165, 1.54) is 0 Å². The predicted octanol–water partition coefficient (Wildman–Crippen LogP) is 1.98. The largest absolute Gasteiger partial charge is 0.488 e. The molecule has 19 heavy (non-hydrogen) atoms. The van der Waals surface area contributed by atoms with Crippen LogP contribution in [0, 0.1) is 0 Å². The highest BCUT2D eigenvalue weighted by molar-refractivity contribution is 5.30. The predicted molar refractivity (Wildman–Crippen MR) is 61.1 cm³/mol. The van der Waals surface area contributed by atoms with Crippen molar-refractivity contribution in [2.24, 2.45) is 0 Å². The highest BCUT2D eigenvalue weighted by Crippen LogP contribution is 2.32. The quantitative estimate of drug-likeness (QED) is 0.865. The van der Waals surface area contributed by atoms with Gasteiger partial charge in [-0.1, -0.05) is 6.92 Å². The molecule has 108 valence electrons. The number of aromatic amines is 1. The van der Waals surface area contributed by atoms with Gasteiger partial charge in [-0.15, -0.1) is 0 Å². The van der Waals surface area contributed by atoms with Crippen molar-refractivity contribution in [3.8, 4) is 5.75 Å². The number of alkyl halides is 3. The Hall–Kier alpha value is -1.57. The first-order valence-corrected chi connectivity index (χ1v) is 5.75. The molecular weight excluding hydrogens is 265 g/mol. The zero-order chi connectivity index (χ0) is 14.5. The Bertz CT molecular complexity index is 459. The molecule has 0 saturated heterocycles. The van der Waals surface area contributed by atoms with E-state index in [0.29, 0.717) is 6.61 Å². The van der Waals surface area contributed by atoms with Crippen LogP contribution in [0.3, 0.4) is 0 Å². The molecule has 0 spiro atoms. The van der Waals surface area contributed by atoms with Gasteiger partial charge in [0.05, 0.1) is 12.3 Å². The normalized spacial score (nSPS) is 13.3. The average molecular weight is 280 g/mol. The lowest BCUT2D eigenvalue weighted by Crippen LogP contribution is -2.26. The first-order chi connectivity index (χ1) is 8.86. The van der Waals surface area contributed by atoms with Crippen molar-refractivity contribution in [3.05, 3.63) is 22.1 Å². The number of aromatic nitrogens is 2. The molecule has 0 radical (unpaired) electrons. The summed E-state index contributed by atoms with van der Waals surface area (Å²) in [5, 5.41) is 5.03. The van der Waals surface area contributed by atoms with Crippen LogP contribution < -0.4 is 10.3 Å². The van der Waals surface area contributed by atoms with Gasteiger partial charge in [-0.05, 0) is 13.3 Å². The van der Waals surface area contributed by atoms with Crippen LogP contribution >= 0.6 is 0 Å². The Morgan fingerprint density at radius 2 is 2.16 bits per heavy atom. The van der Waals surface area contributed by atoms with Crippen LogP contribution in [0.25, 0.3) is 0 Å². The van der Waals surface area contributed by atoms with Gasteiger partial charge in [-0.3, -0.25) is 4.79 Å². The van der Waals surface area contributed by atoms with Crippen molar-refractivity contribution in [2.75, 3.05) is 13.2 Å². The van der Waals surface area contributed by atoms with Gasteiger partial charge in [-0.2, -0.15) is 18.3 Å². The van der Waals surface area contributed by atoms with E-state index in [-0.39, 0.29) is 12.7 Å². The number of ether oxygens (including phenoxy) is 2. The van der Waals surface area contributed by atoms with Crippen LogP contribution in [0.5, 0.6) is 5.75 Å². The first-order valence-electron chi connectivity index (χ1n) is 5.75. The minimum absolute atomic E-state index is 0.0891. The van der Waals surface area contributed by atoms with Crippen LogP contribution in [0.2, 0.25) is 0 Å². The summed E-state index contributed by atoms with van der Waals surface area (Å²) < 4.78 is 48.3. The molecule has 1 rings (SSSR count). The van der Waals surface area contributed by atoms with E-state index >= 15 is 0 Å². The van der Waals surface area contributed by atoms with Crippen LogP contribution in [0.1, 0.15) is 25.8 Å². The van der Waals surface area contributed by atoms with Gasteiger partial charge in [0.15, 0.2) is 11.3 Å². The fraction of sp³-hybridized carbons (Fsp3) is 0.636. The summed E-state index contributed by atoms with van der Waals surface area (Å²) in [5.74, 6) is -0.594.